The highest BCUT2D eigenvalue weighted by Crippen LogP contribution is 2.29. The van der Waals surface area contributed by atoms with E-state index in [9.17, 15) is 0 Å². The van der Waals surface area contributed by atoms with Gasteiger partial charge in [-0.1, -0.05) is 6.92 Å². The summed E-state index contributed by atoms with van der Waals surface area (Å²) in [5.41, 5.74) is 1.12. The number of rotatable bonds is 8. The van der Waals surface area contributed by atoms with E-state index < -0.39 is 0 Å². The van der Waals surface area contributed by atoms with Crippen molar-refractivity contribution in [2.24, 2.45) is 10.9 Å². The number of ether oxygens (including phenoxy) is 1. The molecule has 0 radical (unpaired) electrons. The van der Waals surface area contributed by atoms with Crippen LogP contribution in [-0.2, 0) is 13.0 Å². The number of aromatic nitrogens is 3. The molecule has 2 aromatic heterocycles. The van der Waals surface area contributed by atoms with E-state index >= 15 is 0 Å². The summed E-state index contributed by atoms with van der Waals surface area (Å²) in [6, 6.07) is 4.02. The molecule has 0 amide bonds. The Bertz CT molecular complexity index is 843. The van der Waals surface area contributed by atoms with Gasteiger partial charge in [-0.25, -0.2) is 15.0 Å². The molecule has 2 aliphatic rings. The van der Waals surface area contributed by atoms with E-state index in [-0.39, 0.29) is 0 Å². The third-order valence-corrected chi connectivity index (χ3v) is 6.15. The number of nitrogens with one attached hydrogen (secondary N) is 1. The number of aryl methyl sites for hydroxylation is 1. The van der Waals surface area contributed by atoms with Crippen molar-refractivity contribution in [1.82, 2.24) is 24.6 Å². The maximum Gasteiger partial charge on any atom is 0.213 e. The first-order valence-electron chi connectivity index (χ1n) is 10.9. The smallest absolute Gasteiger partial charge is 0.213 e. The molecule has 9 heteroatoms. The zero-order valence-electron chi connectivity index (χ0n) is 17.9. The fourth-order valence-corrected chi connectivity index (χ4v) is 4.13. The lowest BCUT2D eigenvalue weighted by Crippen LogP contribution is -2.52. The molecule has 0 bridgehead atoms. The summed E-state index contributed by atoms with van der Waals surface area (Å²) in [5, 5.41) is 4.47. The topological polar surface area (TPSA) is 78.8 Å². The number of piperazine rings is 1. The van der Waals surface area contributed by atoms with Crippen molar-refractivity contribution in [2.45, 2.75) is 39.7 Å². The molecule has 1 saturated carbocycles. The lowest BCUT2D eigenvalue weighted by atomic mass is 10.2. The lowest BCUT2D eigenvalue weighted by Gasteiger charge is -2.36. The summed E-state index contributed by atoms with van der Waals surface area (Å²) in [5.74, 6) is 3.32. The third kappa shape index (κ3) is 5.59. The molecular formula is C21H31N7OS. The molecule has 1 aliphatic heterocycles. The first-order chi connectivity index (χ1) is 14.7. The maximum absolute atomic E-state index is 5.80. The van der Waals surface area contributed by atoms with Gasteiger partial charge in [0.25, 0.3) is 0 Å². The maximum atomic E-state index is 5.80. The van der Waals surface area contributed by atoms with Gasteiger partial charge in [-0.3, -0.25) is 0 Å². The summed E-state index contributed by atoms with van der Waals surface area (Å²) in [4.78, 5) is 18.5. The summed E-state index contributed by atoms with van der Waals surface area (Å²) in [6.07, 6.45) is 5.26. The van der Waals surface area contributed by atoms with E-state index in [0.29, 0.717) is 12.4 Å². The molecule has 1 saturated heterocycles. The number of pyridine rings is 1. The van der Waals surface area contributed by atoms with E-state index in [2.05, 4.69) is 43.3 Å². The van der Waals surface area contributed by atoms with Crippen molar-refractivity contribution in [1.29, 1.82) is 0 Å². The van der Waals surface area contributed by atoms with Crippen LogP contribution >= 0.6 is 11.5 Å². The average molecular weight is 430 g/mol. The van der Waals surface area contributed by atoms with Crippen molar-refractivity contribution in [2.75, 3.05) is 44.2 Å². The highest BCUT2D eigenvalue weighted by molar-refractivity contribution is 7.09. The van der Waals surface area contributed by atoms with E-state index in [4.69, 9.17) is 9.73 Å². The second kappa shape index (κ2) is 10.1. The van der Waals surface area contributed by atoms with Crippen LogP contribution in [0.3, 0.4) is 0 Å². The van der Waals surface area contributed by atoms with Crippen LogP contribution in [0.15, 0.2) is 23.3 Å². The quantitative estimate of drug-likeness (QED) is 0.510. The number of anilines is 1. The van der Waals surface area contributed by atoms with Crippen molar-refractivity contribution in [3.05, 3.63) is 29.7 Å². The van der Waals surface area contributed by atoms with Gasteiger partial charge in [-0.2, -0.15) is 4.37 Å². The van der Waals surface area contributed by atoms with Crippen LogP contribution in [0.5, 0.6) is 5.88 Å². The molecule has 162 valence electrons. The van der Waals surface area contributed by atoms with E-state index in [0.717, 1.165) is 74.1 Å². The molecule has 0 unspecified atom stereocenters. The minimum absolute atomic E-state index is 0.612. The van der Waals surface area contributed by atoms with Gasteiger partial charge in [0, 0.05) is 62.9 Å². The standard InChI is InChI=1S/C21H31N7OS/c1-3-18-25-21(30-26-18)28-11-9-27(10-12-28)20(22-4-2)24-14-17-7-8-23-19(13-17)29-15-16-5-6-16/h7-8,13,16H,3-6,9-12,14-15H2,1-2H3,(H,22,24). The van der Waals surface area contributed by atoms with Crippen molar-refractivity contribution >= 4 is 22.6 Å². The summed E-state index contributed by atoms with van der Waals surface area (Å²) < 4.78 is 10.2. The molecule has 8 nitrogen and oxygen atoms in total. The SMILES string of the molecule is CCNC(=NCc1ccnc(OCC2CC2)c1)N1CCN(c2nc(CC)ns2)CC1. The van der Waals surface area contributed by atoms with Crippen LogP contribution in [-0.4, -0.2) is 64.5 Å². The fourth-order valence-electron chi connectivity index (χ4n) is 3.33. The van der Waals surface area contributed by atoms with Crippen LogP contribution in [0.25, 0.3) is 0 Å². The van der Waals surface area contributed by atoms with Gasteiger partial charge in [0.05, 0.1) is 13.2 Å². The molecule has 30 heavy (non-hydrogen) atoms. The van der Waals surface area contributed by atoms with Gasteiger partial charge in [0.1, 0.15) is 5.82 Å². The Morgan fingerprint density at radius 1 is 1.27 bits per heavy atom. The Morgan fingerprint density at radius 2 is 2.10 bits per heavy atom. The van der Waals surface area contributed by atoms with Crippen molar-refractivity contribution in [3.63, 3.8) is 0 Å². The zero-order valence-corrected chi connectivity index (χ0v) is 18.7. The molecule has 4 rings (SSSR count). The number of hydrogen-bond donors (Lipinski definition) is 1. The second-order valence-electron chi connectivity index (χ2n) is 7.75. The lowest BCUT2D eigenvalue weighted by molar-refractivity contribution is 0.288. The van der Waals surface area contributed by atoms with E-state index in [1.165, 1.54) is 24.4 Å². The van der Waals surface area contributed by atoms with Gasteiger partial charge in [0.2, 0.25) is 11.0 Å². The monoisotopic (exact) mass is 429 g/mol. The minimum Gasteiger partial charge on any atom is -0.477 e. The fraction of sp³-hybridized carbons (Fsp3) is 0.619. The highest BCUT2D eigenvalue weighted by atomic mass is 32.1. The van der Waals surface area contributed by atoms with Crippen molar-refractivity contribution in [3.8, 4) is 5.88 Å². The summed E-state index contributed by atoms with van der Waals surface area (Å²) >= 11 is 1.50. The van der Waals surface area contributed by atoms with Crippen LogP contribution in [0.4, 0.5) is 5.13 Å². The van der Waals surface area contributed by atoms with Crippen LogP contribution in [0.1, 0.15) is 38.1 Å². The largest absolute Gasteiger partial charge is 0.477 e. The van der Waals surface area contributed by atoms with E-state index in [1.54, 1.807) is 0 Å². The Balaban J connectivity index is 1.34. The predicted molar refractivity (Wildman–Crippen MR) is 120 cm³/mol. The molecule has 2 aromatic rings. The highest BCUT2D eigenvalue weighted by Gasteiger charge is 2.23. The van der Waals surface area contributed by atoms with Gasteiger partial charge >= 0.3 is 0 Å². The number of hydrogen-bond acceptors (Lipinski definition) is 7. The third-order valence-electron chi connectivity index (χ3n) is 5.33. The Kier molecular flexibility index (Phi) is 6.99. The van der Waals surface area contributed by atoms with Crippen LogP contribution in [0, 0.1) is 5.92 Å². The molecule has 0 spiro atoms. The molecule has 0 aromatic carbocycles. The summed E-state index contributed by atoms with van der Waals surface area (Å²) in [7, 11) is 0. The average Bonchev–Trinajstić information content (AvgIpc) is 3.50. The first kappa shape index (κ1) is 20.8. The Morgan fingerprint density at radius 3 is 2.80 bits per heavy atom. The molecule has 1 N–H and O–H groups in total. The Hall–Kier alpha value is -2.42. The van der Waals surface area contributed by atoms with Gasteiger partial charge in [-0.05, 0) is 37.3 Å². The molecule has 3 heterocycles. The molecule has 1 aliphatic carbocycles. The number of guanidine groups is 1. The van der Waals surface area contributed by atoms with Crippen LogP contribution < -0.4 is 15.0 Å². The van der Waals surface area contributed by atoms with Gasteiger partial charge < -0.3 is 19.9 Å². The number of aliphatic imine (C=N–C) groups is 1. The predicted octanol–water partition coefficient (Wildman–Crippen LogP) is 2.57. The van der Waals surface area contributed by atoms with Crippen molar-refractivity contribution < 1.29 is 4.74 Å². The van der Waals surface area contributed by atoms with Crippen LogP contribution in [0.2, 0.25) is 0 Å². The second-order valence-corrected chi connectivity index (χ2v) is 8.48. The van der Waals surface area contributed by atoms with Gasteiger partial charge in [-0.15, -0.1) is 0 Å². The normalized spacial score (nSPS) is 17.3. The zero-order chi connectivity index (χ0) is 20.8. The molecular weight excluding hydrogens is 398 g/mol. The minimum atomic E-state index is 0.612. The van der Waals surface area contributed by atoms with E-state index in [1.807, 2.05) is 18.3 Å². The summed E-state index contributed by atoms with van der Waals surface area (Å²) in [6.45, 7) is 10.1. The molecule has 2 fully saturated rings. The molecule has 0 atom stereocenters. The number of nitrogens with zero attached hydrogens (tertiary/aromatic N) is 6. The Labute approximate surface area is 182 Å². The van der Waals surface area contributed by atoms with Gasteiger partial charge in [0.15, 0.2) is 5.96 Å². The first-order valence-corrected chi connectivity index (χ1v) is 11.7.